The summed E-state index contributed by atoms with van der Waals surface area (Å²) in [4.78, 5) is 2.44. The third-order valence-corrected chi connectivity index (χ3v) is 3.86. The van der Waals surface area contributed by atoms with E-state index in [4.69, 9.17) is 26.8 Å². The first-order valence-corrected chi connectivity index (χ1v) is 7.54. The van der Waals surface area contributed by atoms with Crippen LogP contribution in [0.2, 0.25) is 5.02 Å². The zero-order valence-corrected chi connectivity index (χ0v) is 12.8. The fraction of sp³-hybridized carbons (Fsp3) is 0.600. The van der Waals surface area contributed by atoms with Gasteiger partial charge in [-0.05, 0) is 32.0 Å². The molecule has 112 valence electrons. The molecule has 0 aliphatic carbocycles. The second-order valence-electron chi connectivity index (χ2n) is 5.05. The lowest BCUT2D eigenvalue weighted by atomic mass is 10.1. The Morgan fingerprint density at radius 1 is 1.25 bits per heavy atom. The zero-order valence-electron chi connectivity index (χ0n) is 12.0. The van der Waals surface area contributed by atoms with Crippen molar-refractivity contribution < 1.29 is 9.47 Å². The van der Waals surface area contributed by atoms with Gasteiger partial charge in [0.05, 0.1) is 7.11 Å². The molecule has 0 aromatic heterocycles. The molecule has 4 nitrogen and oxygen atoms in total. The van der Waals surface area contributed by atoms with Crippen LogP contribution in [-0.2, 0) is 6.54 Å². The monoisotopic (exact) mass is 298 g/mol. The molecule has 1 fully saturated rings. The molecule has 0 saturated carbocycles. The van der Waals surface area contributed by atoms with Crippen LogP contribution in [0.3, 0.4) is 0 Å². The number of ether oxygens (including phenoxy) is 2. The smallest absolute Gasteiger partial charge is 0.165 e. The average Bonchev–Trinajstić information content (AvgIpc) is 2.49. The maximum atomic E-state index is 6.04. The van der Waals surface area contributed by atoms with Gasteiger partial charge >= 0.3 is 0 Å². The topological polar surface area (TPSA) is 47.7 Å². The Hall–Kier alpha value is -0.970. The molecule has 0 bridgehead atoms. The van der Waals surface area contributed by atoms with Crippen LogP contribution in [0.4, 0.5) is 0 Å². The number of benzene rings is 1. The molecule has 1 aliphatic rings. The number of nitrogens with two attached hydrogens (primary N) is 1. The van der Waals surface area contributed by atoms with Gasteiger partial charge in [0, 0.05) is 29.7 Å². The first kappa shape index (κ1) is 15.4. The van der Waals surface area contributed by atoms with Crippen molar-refractivity contribution in [2.75, 3.05) is 33.4 Å². The van der Waals surface area contributed by atoms with E-state index in [0.717, 1.165) is 17.9 Å². The van der Waals surface area contributed by atoms with Gasteiger partial charge in [0.25, 0.3) is 0 Å². The molecule has 0 atom stereocenters. The first-order chi connectivity index (χ1) is 9.74. The van der Waals surface area contributed by atoms with Crippen molar-refractivity contribution in [3.8, 4) is 11.5 Å². The summed E-state index contributed by atoms with van der Waals surface area (Å²) in [5, 5.41) is 0.616. The Bertz CT molecular complexity index is 409. The summed E-state index contributed by atoms with van der Waals surface area (Å²) in [6, 6.07) is 3.59. The van der Waals surface area contributed by atoms with Crippen LogP contribution in [0.5, 0.6) is 11.5 Å². The van der Waals surface area contributed by atoms with Crippen LogP contribution < -0.4 is 15.2 Å². The molecule has 20 heavy (non-hydrogen) atoms. The van der Waals surface area contributed by atoms with Crippen molar-refractivity contribution in [3.05, 3.63) is 22.7 Å². The van der Waals surface area contributed by atoms with E-state index in [9.17, 15) is 0 Å². The number of rotatable bonds is 6. The Kier molecular flexibility index (Phi) is 5.95. The third kappa shape index (κ3) is 4.01. The van der Waals surface area contributed by atoms with Gasteiger partial charge in [0.2, 0.25) is 0 Å². The molecule has 1 heterocycles. The van der Waals surface area contributed by atoms with Crippen LogP contribution in [0.1, 0.15) is 24.8 Å². The van der Waals surface area contributed by atoms with Gasteiger partial charge in [0.1, 0.15) is 6.61 Å². The lowest BCUT2D eigenvalue weighted by Gasteiger charge is -2.26. The molecule has 5 heteroatoms. The van der Waals surface area contributed by atoms with Crippen molar-refractivity contribution in [3.63, 3.8) is 0 Å². The number of halogens is 1. The van der Waals surface area contributed by atoms with Crippen molar-refractivity contribution >= 4 is 11.6 Å². The number of methoxy groups -OCH3 is 1. The van der Waals surface area contributed by atoms with Crippen LogP contribution in [0.15, 0.2) is 12.1 Å². The number of hydrogen-bond acceptors (Lipinski definition) is 4. The van der Waals surface area contributed by atoms with Gasteiger partial charge in [-0.1, -0.05) is 18.0 Å². The number of nitrogens with zero attached hydrogens (tertiary/aromatic N) is 1. The molecule has 1 aromatic rings. The number of piperidine rings is 1. The molecule has 0 spiro atoms. The summed E-state index contributed by atoms with van der Waals surface area (Å²) >= 11 is 6.04. The van der Waals surface area contributed by atoms with Crippen LogP contribution in [-0.4, -0.2) is 38.3 Å². The number of likely N-dealkylation sites (tertiary alicyclic amines) is 1. The zero-order chi connectivity index (χ0) is 14.4. The van der Waals surface area contributed by atoms with E-state index in [0.29, 0.717) is 23.9 Å². The summed E-state index contributed by atoms with van der Waals surface area (Å²) < 4.78 is 11.2. The summed E-state index contributed by atoms with van der Waals surface area (Å²) in [5.74, 6) is 1.37. The molecule has 2 N–H and O–H groups in total. The minimum atomic E-state index is 0.385. The van der Waals surface area contributed by atoms with Crippen LogP contribution in [0, 0.1) is 0 Å². The van der Waals surface area contributed by atoms with E-state index in [1.165, 1.54) is 32.4 Å². The van der Waals surface area contributed by atoms with Crippen molar-refractivity contribution in [1.29, 1.82) is 0 Å². The van der Waals surface area contributed by atoms with Gasteiger partial charge in [-0.25, -0.2) is 0 Å². The fourth-order valence-corrected chi connectivity index (χ4v) is 2.78. The summed E-state index contributed by atoms with van der Waals surface area (Å²) in [6.45, 7) is 4.31. The SMILES string of the molecule is COc1cc(Cl)cc(CN)c1OCCN1CCCCC1. The lowest BCUT2D eigenvalue weighted by Crippen LogP contribution is -2.33. The quantitative estimate of drug-likeness (QED) is 0.877. The predicted octanol–water partition coefficient (Wildman–Crippen LogP) is 2.67. The molecule has 0 amide bonds. The maximum absolute atomic E-state index is 6.04. The first-order valence-electron chi connectivity index (χ1n) is 7.16. The average molecular weight is 299 g/mol. The minimum Gasteiger partial charge on any atom is -0.493 e. The largest absolute Gasteiger partial charge is 0.493 e. The Balaban J connectivity index is 1.97. The molecule has 1 aliphatic heterocycles. The van der Waals surface area contributed by atoms with Crippen LogP contribution in [0.25, 0.3) is 0 Å². The van der Waals surface area contributed by atoms with E-state index < -0.39 is 0 Å². The third-order valence-electron chi connectivity index (χ3n) is 3.64. The van der Waals surface area contributed by atoms with Crippen molar-refractivity contribution in [2.45, 2.75) is 25.8 Å². The fourth-order valence-electron chi connectivity index (χ4n) is 2.55. The minimum absolute atomic E-state index is 0.385. The van der Waals surface area contributed by atoms with E-state index in [-0.39, 0.29) is 0 Å². The standard InChI is InChI=1S/C15H23ClN2O2/c1-19-14-10-13(16)9-12(11-17)15(14)20-8-7-18-5-3-2-4-6-18/h9-10H,2-8,11,17H2,1H3. The second kappa shape index (κ2) is 7.72. The maximum Gasteiger partial charge on any atom is 0.165 e. The van der Waals surface area contributed by atoms with E-state index in [1.807, 2.05) is 6.07 Å². The van der Waals surface area contributed by atoms with E-state index in [1.54, 1.807) is 13.2 Å². The van der Waals surface area contributed by atoms with Gasteiger partial charge in [-0.2, -0.15) is 0 Å². The summed E-state index contributed by atoms with van der Waals surface area (Å²) in [5.41, 5.74) is 6.64. The van der Waals surface area contributed by atoms with Gasteiger partial charge < -0.3 is 15.2 Å². The molecular weight excluding hydrogens is 276 g/mol. The Morgan fingerprint density at radius 2 is 2.00 bits per heavy atom. The second-order valence-corrected chi connectivity index (χ2v) is 5.49. The van der Waals surface area contributed by atoms with Crippen LogP contribution >= 0.6 is 11.6 Å². The van der Waals surface area contributed by atoms with Crippen molar-refractivity contribution in [1.82, 2.24) is 4.90 Å². The molecule has 0 radical (unpaired) electrons. The molecule has 0 unspecified atom stereocenters. The highest BCUT2D eigenvalue weighted by atomic mass is 35.5. The molecular formula is C15H23ClN2O2. The lowest BCUT2D eigenvalue weighted by molar-refractivity contribution is 0.180. The molecule has 2 rings (SSSR count). The Labute approximate surface area is 125 Å². The highest BCUT2D eigenvalue weighted by molar-refractivity contribution is 6.30. The highest BCUT2D eigenvalue weighted by Crippen LogP contribution is 2.34. The highest BCUT2D eigenvalue weighted by Gasteiger charge is 2.14. The summed E-state index contributed by atoms with van der Waals surface area (Å²) in [6.07, 6.45) is 3.93. The van der Waals surface area contributed by atoms with E-state index in [2.05, 4.69) is 4.90 Å². The number of hydrogen-bond donors (Lipinski definition) is 1. The normalized spacial score (nSPS) is 16.1. The summed E-state index contributed by atoms with van der Waals surface area (Å²) in [7, 11) is 1.61. The van der Waals surface area contributed by atoms with E-state index >= 15 is 0 Å². The van der Waals surface area contributed by atoms with Crippen molar-refractivity contribution in [2.24, 2.45) is 5.73 Å². The van der Waals surface area contributed by atoms with Gasteiger partial charge in [-0.3, -0.25) is 4.90 Å². The predicted molar refractivity (Wildman–Crippen MR) is 81.7 cm³/mol. The van der Waals surface area contributed by atoms with Gasteiger partial charge in [0.15, 0.2) is 11.5 Å². The molecule has 1 aromatic carbocycles. The van der Waals surface area contributed by atoms with Gasteiger partial charge in [-0.15, -0.1) is 0 Å². The molecule has 1 saturated heterocycles. The Morgan fingerprint density at radius 3 is 2.65 bits per heavy atom.